The van der Waals surface area contributed by atoms with Crippen molar-refractivity contribution in [1.82, 2.24) is 9.88 Å². The summed E-state index contributed by atoms with van der Waals surface area (Å²) in [4.78, 5) is 5.27. The van der Waals surface area contributed by atoms with E-state index in [1.54, 1.807) is 0 Å². The minimum Gasteiger partial charge on any atom is -0.345 e. The van der Waals surface area contributed by atoms with Crippen LogP contribution in [0.5, 0.6) is 0 Å². The Morgan fingerprint density at radius 1 is 0.682 bits per heavy atom. The highest BCUT2D eigenvalue weighted by Gasteiger charge is 2.24. The summed E-state index contributed by atoms with van der Waals surface area (Å²) < 4.78 is 4.98. The lowest BCUT2D eigenvalue weighted by atomic mass is 9.97. The van der Waals surface area contributed by atoms with Gasteiger partial charge in [-0.2, -0.15) is 0 Å². The molecule has 7 aromatic rings. The lowest BCUT2D eigenvalue weighted by Crippen LogP contribution is -2.41. The van der Waals surface area contributed by atoms with Gasteiger partial charge in [0, 0.05) is 36.5 Å². The summed E-state index contributed by atoms with van der Waals surface area (Å²) in [6.07, 6.45) is 11.3. The molecule has 1 aliphatic heterocycles. The minimum absolute atomic E-state index is 0.0373. The molecular weight excluding hydrogens is 555 g/mol. The van der Waals surface area contributed by atoms with Crippen LogP contribution >= 0.6 is 11.3 Å². The molecule has 2 aromatic heterocycles. The van der Waals surface area contributed by atoms with E-state index in [9.17, 15) is 0 Å². The van der Waals surface area contributed by atoms with E-state index in [1.165, 1.54) is 47.6 Å². The zero-order chi connectivity index (χ0) is 29.0. The molecule has 3 heterocycles. The smallest absolute Gasteiger partial charge is 0.209 e. The van der Waals surface area contributed by atoms with Crippen molar-refractivity contribution in [2.45, 2.75) is 18.9 Å². The third kappa shape index (κ3) is 4.06. The molecule has 1 N–H and O–H groups in total. The molecule has 9 rings (SSSR count). The molecule has 4 heteroatoms. The van der Waals surface area contributed by atoms with Gasteiger partial charge in [-0.05, 0) is 59.9 Å². The lowest BCUT2D eigenvalue weighted by Gasteiger charge is -2.27. The van der Waals surface area contributed by atoms with Crippen LogP contribution in [0, 0.1) is 0 Å². The van der Waals surface area contributed by atoms with Gasteiger partial charge in [-0.1, -0.05) is 109 Å². The summed E-state index contributed by atoms with van der Waals surface area (Å²) in [5.41, 5.74) is 8.20. The van der Waals surface area contributed by atoms with Gasteiger partial charge in [-0.3, -0.25) is 4.57 Å². The number of fused-ring (bicyclic) bond motifs is 6. The standard InChI is InChI=1S/C40H29N3S/c1-3-12-26(13-4-1)34-25-35(27-14-5-2-6-15-27)42-40(41-34)43-36-20-9-7-16-30(36)33-24-28(22-23-37(33)43)29-18-11-19-32-31-17-8-10-21-38(31)44-39(29)32/h1,3-5,7-25,35H,2,6H2,(H,41,42). The summed E-state index contributed by atoms with van der Waals surface area (Å²) in [7, 11) is 0. The van der Waals surface area contributed by atoms with Gasteiger partial charge in [-0.25, -0.2) is 4.99 Å². The average Bonchev–Trinajstić information content (AvgIpc) is 3.64. The molecule has 44 heavy (non-hydrogen) atoms. The second-order valence-electron chi connectivity index (χ2n) is 11.5. The predicted molar refractivity (Wildman–Crippen MR) is 188 cm³/mol. The highest BCUT2D eigenvalue weighted by atomic mass is 32.1. The van der Waals surface area contributed by atoms with Crippen LogP contribution in [0.1, 0.15) is 18.4 Å². The van der Waals surface area contributed by atoms with Crippen molar-refractivity contribution in [3.8, 4) is 11.1 Å². The number of benzene rings is 5. The number of nitrogens with zero attached hydrogens (tertiary/aromatic N) is 2. The summed E-state index contributed by atoms with van der Waals surface area (Å²) in [6, 6.07) is 41.6. The van der Waals surface area contributed by atoms with Crippen molar-refractivity contribution in [3.63, 3.8) is 0 Å². The molecular formula is C40H29N3S. The monoisotopic (exact) mass is 583 g/mol. The second kappa shape index (κ2) is 10.2. The SMILES string of the molecule is C1=CC(C2C=C(c3ccccc3)N=C(n3c4ccccc4c4cc(-c5cccc6c5sc5ccccc56)ccc43)N2)=CCC1. The van der Waals surface area contributed by atoms with Crippen LogP contribution in [-0.4, -0.2) is 16.6 Å². The van der Waals surface area contributed by atoms with E-state index >= 15 is 0 Å². The first-order valence-electron chi connectivity index (χ1n) is 15.3. The molecule has 0 saturated heterocycles. The van der Waals surface area contributed by atoms with Crippen LogP contribution in [0.15, 0.2) is 150 Å². The van der Waals surface area contributed by atoms with Crippen LogP contribution in [0.2, 0.25) is 0 Å². The highest BCUT2D eigenvalue weighted by molar-refractivity contribution is 7.26. The zero-order valence-electron chi connectivity index (χ0n) is 24.1. The molecule has 0 bridgehead atoms. The Balaban J connectivity index is 1.24. The van der Waals surface area contributed by atoms with Crippen molar-refractivity contribution in [2.75, 3.05) is 0 Å². The average molecular weight is 584 g/mol. The third-order valence-corrected chi connectivity index (χ3v) is 10.1. The number of aromatic nitrogens is 1. The Hall–Kier alpha value is -5.19. The summed E-state index contributed by atoms with van der Waals surface area (Å²) in [5, 5.41) is 8.91. The number of aliphatic imine (C=N–C) groups is 1. The number of para-hydroxylation sites is 1. The van der Waals surface area contributed by atoms with Crippen LogP contribution in [-0.2, 0) is 0 Å². The highest BCUT2D eigenvalue weighted by Crippen LogP contribution is 2.41. The number of thiophene rings is 1. The van der Waals surface area contributed by atoms with Gasteiger partial charge in [0.15, 0.2) is 0 Å². The van der Waals surface area contributed by atoms with E-state index in [0.717, 1.165) is 41.1 Å². The fourth-order valence-electron chi connectivity index (χ4n) is 6.79. The van der Waals surface area contributed by atoms with E-state index in [2.05, 4.69) is 149 Å². The maximum atomic E-state index is 5.27. The first-order chi connectivity index (χ1) is 21.8. The van der Waals surface area contributed by atoms with E-state index in [1.807, 2.05) is 11.3 Å². The fraction of sp³-hybridized carbons (Fsp3) is 0.0750. The van der Waals surface area contributed by atoms with Crippen LogP contribution < -0.4 is 5.32 Å². The summed E-state index contributed by atoms with van der Waals surface area (Å²) in [5.74, 6) is 0.849. The fourth-order valence-corrected chi connectivity index (χ4v) is 8.03. The first-order valence-corrected chi connectivity index (χ1v) is 16.1. The first kappa shape index (κ1) is 25.3. The van der Waals surface area contributed by atoms with Gasteiger partial charge in [0.25, 0.3) is 0 Å². The van der Waals surface area contributed by atoms with E-state index < -0.39 is 0 Å². The van der Waals surface area contributed by atoms with E-state index in [0.29, 0.717) is 0 Å². The summed E-state index contributed by atoms with van der Waals surface area (Å²) in [6.45, 7) is 0. The van der Waals surface area contributed by atoms with Crippen molar-refractivity contribution in [3.05, 3.63) is 151 Å². The van der Waals surface area contributed by atoms with Gasteiger partial charge in [-0.15, -0.1) is 11.3 Å². The second-order valence-corrected chi connectivity index (χ2v) is 12.6. The van der Waals surface area contributed by atoms with Crippen molar-refractivity contribution < 1.29 is 0 Å². The van der Waals surface area contributed by atoms with Crippen LogP contribution in [0.25, 0.3) is 58.8 Å². The Kier molecular flexibility index (Phi) is 5.88. The maximum absolute atomic E-state index is 5.27. The van der Waals surface area contributed by atoms with Crippen molar-refractivity contribution in [2.24, 2.45) is 4.99 Å². The largest absolute Gasteiger partial charge is 0.345 e. The molecule has 2 aliphatic rings. The van der Waals surface area contributed by atoms with Crippen LogP contribution in [0.3, 0.4) is 0 Å². The number of nitrogens with one attached hydrogen (secondary N) is 1. The molecule has 3 nitrogen and oxygen atoms in total. The van der Waals surface area contributed by atoms with Gasteiger partial charge in [0.05, 0.1) is 22.8 Å². The van der Waals surface area contributed by atoms with Crippen molar-refractivity contribution >= 4 is 65.0 Å². The number of hydrogen-bond acceptors (Lipinski definition) is 3. The number of rotatable bonds is 3. The van der Waals surface area contributed by atoms with Gasteiger partial charge in [0.2, 0.25) is 5.96 Å². The molecule has 5 aromatic carbocycles. The quantitative estimate of drug-likeness (QED) is 0.220. The molecule has 0 fully saturated rings. The predicted octanol–water partition coefficient (Wildman–Crippen LogP) is 10.3. The topological polar surface area (TPSA) is 29.3 Å². The van der Waals surface area contributed by atoms with Gasteiger partial charge < -0.3 is 5.32 Å². The molecule has 210 valence electrons. The molecule has 1 aliphatic carbocycles. The third-order valence-electron chi connectivity index (χ3n) is 8.89. The zero-order valence-corrected chi connectivity index (χ0v) is 24.9. The number of hydrogen-bond donors (Lipinski definition) is 1. The van der Waals surface area contributed by atoms with E-state index in [4.69, 9.17) is 4.99 Å². The molecule has 1 atom stereocenters. The van der Waals surface area contributed by atoms with Crippen molar-refractivity contribution in [1.29, 1.82) is 0 Å². The Bertz CT molecular complexity index is 2360. The molecule has 0 spiro atoms. The molecule has 1 unspecified atom stereocenters. The Morgan fingerprint density at radius 2 is 1.48 bits per heavy atom. The maximum Gasteiger partial charge on any atom is 0.209 e. The number of allylic oxidation sites excluding steroid dienone is 2. The van der Waals surface area contributed by atoms with E-state index in [-0.39, 0.29) is 6.04 Å². The van der Waals surface area contributed by atoms with Crippen LogP contribution in [0.4, 0.5) is 0 Å². The van der Waals surface area contributed by atoms with Gasteiger partial charge in [0.1, 0.15) is 0 Å². The molecule has 0 amide bonds. The lowest BCUT2D eigenvalue weighted by molar-refractivity contribution is 0.798. The molecule has 0 radical (unpaired) electrons. The Morgan fingerprint density at radius 3 is 2.36 bits per heavy atom. The normalized spacial score (nSPS) is 16.7. The summed E-state index contributed by atoms with van der Waals surface area (Å²) >= 11 is 1.88. The minimum atomic E-state index is 0.0373. The Labute approximate surface area is 259 Å². The molecule has 0 saturated carbocycles. The van der Waals surface area contributed by atoms with Gasteiger partial charge >= 0.3 is 0 Å².